The maximum absolute atomic E-state index is 5.95. The van der Waals surface area contributed by atoms with Gasteiger partial charge in [-0.25, -0.2) is 0 Å². The summed E-state index contributed by atoms with van der Waals surface area (Å²) in [6.07, 6.45) is 3.66. The Labute approximate surface area is 170 Å². The summed E-state index contributed by atoms with van der Waals surface area (Å²) in [6.45, 7) is 2.12. The third kappa shape index (κ3) is 5.19. The zero-order valence-electron chi connectivity index (χ0n) is 14.3. The van der Waals surface area contributed by atoms with Crippen molar-refractivity contribution in [1.82, 2.24) is 14.9 Å². The van der Waals surface area contributed by atoms with E-state index in [1.807, 2.05) is 59.4 Å². The van der Waals surface area contributed by atoms with Crippen LogP contribution in [0, 0.1) is 0 Å². The molecule has 0 amide bonds. The average molecular weight is 450 g/mol. The minimum atomic E-state index is 0.741. The van der Waals surface area contributed by atoms with Crippen LogP contribution in [0.15, 0.2) is 63.3 Å². The summed E-state index contributed by atoms with van der Waals surface area (Å²) in [5.74, 6) is 1.66. The van der Waals surface area contributed by atoms with Crippen molar-refractivity contribution in [3.05, 3.63) is 75.0 Å². The normalized spacial score (nSPS) is 11.3. The van der Waals surface area contributed by atoms with Gasteiger partial charge in [0.1, 0.15) is 0 Å². The second-order valence-electron chi connectivity index (χ2n) is 5.68. The van der Waals surface area contributed by atoms with Crippen LogP contribution in [0.1, 0.15) is 30.3 Å². The summed E-state index contributed by atoms with van der Waals surface area (Å²) in [7, 11) is 0. The van der Waals surface area contributed by atoms with E-state index in [1.165, 1.54) is 5.56 Å². The van der Waals surface area contributed by atoms with Gasteiger partial charge < -0.3 is 0 Å². The molecule has 1 aromatic heterocycles. The topological polar surface area (TPSA) is 43.1 Å². The Morgan fingerprint density at radius 1 is 1.19 bits per heavy atom. The summed E-state index contributed by atoms with van der Waals surface area (Å²) in [5.41, 5.74) is 2.20. The first kappa shape index (κ1) is 19.1. The zero-order valence-corrected chi connectivity index (χ0v) is 17.4. The number of hydrogen-bond donors (Lipinski definition) is 0. The van der Waals surface area contributed by atoms with Crippen LogP contribution in [0.4, 0.5) is 0 Å². The van der Waals surface area contributed by atoms with Gasteiger partial charge in [0.25, 0.3) is 0 Å². The summed E-state index contributed by atoms with van der Waals surface area (Å²) >= 11 is 11.0. The Kier molecular flexibility index (Phi) is 6.88. The average Bonchev–Trinajstić information content (AvgIpc) is 3.02. The molecule has 3 aromatic rings. The maximum Gasteiger partial charge on any atom is 0.212 e. The van der Waals surface area contributed by atoms with Crippen LogP contribution in [0.2, 0.25) is 5.02 Å². The molecule has 0 aliphatic rings. The van der Waals surface area contributed by atoms with Gasteiger partial charge in [-0.1, -0.05) is 70.5 Å². The Bertz CT molecular complexity index is 893. The highest BCUT2D eigenvalue weighted by molar-refractivity contribution is 9.10. The molecule has 2 aromatic carbocycles. The lowest BCUT2D eigenvalue weighted by Crippen LogP contribution is -2.00. The monoisotopic (exact) mass is 448 g/mol. The molecule has 0 N–H and O–H groups in total. The van der Waals surface area contributed by atoms with Gasteiger partial charge in [0, 0.05) is 21.7 Å². The highest BCUT2D eigenvalue weighted by Crippen LogP contribution is 2.23. The molecule has 0 aliphatic carbocycles. The van der Waals surface area contributed by atoms with E-state index in [0.29, 0.717) is 0 Å². The van der Waals surface area contributed by atoms with Crippen LogP contribution in [0.3, 0.4) is 0 Å². The third-order valence-electron chi connectivity index (χ3n) is 3.60. The van der Waals surface area contributed by atoms with Crippen molar-refractivity contribution in [3.8, 4) is 0 Å². The van der Waals surface area contributed by atoms with Gasteiger partial charge in [-0.05, 0) is 41.8 Å². The van der Waals surface area contributed by atoms with Gasteiger partial charge in [-0.15, -0.1) is 10.2 Å². The van der Waals surface area contributed by atoms with E-state index in [-0.39, 0.29) is 0 Å². The first-order chi connectivity index (χ1) is 12.7. The smallest absolute Gasteiger partial charge is 0.191 e. The molecule has 0 saturated carbocycles. The number of rotatable bonds is 7. The number of nitrogens with zero attached hydrogens (tertiary/aromatic N) is 4. The Morgan fingerprint density at radius 2 is 2.00 bits per heavy atom. The predicted octanol–water partition coefficient (Wildman–Crippen LogP) is 5.82. The molecule has 134 valence electrons. The molecule has 0 bridgehead atoms. The lowest BCUT2D eigenvalue weighted by atomic mass is 10.2. The summed E-state index contributed by atoms with van der Waals surface area (Å²) in [4.78, 5) is 0. The van der Waals surface area contributed by atoms with Crippen LogP contribution in [-0.2, 0) is 12.2 Å². The Hall–Kier alpha value is -1.63. The minimum Gasteiger partial charge on any atom is -0.191 e. The van der Waals surface area contributed by atoms with Crippen molar-refractivity contribution in [2.24, 2.45) is 5.10 Å². The van der Waals surface area contributed by atoms with E-state index >= 15 is 0 Å². The third-order valence-corrected chi connectivity index (χ3v) is 5.34. The van der Waals surface area contributed by atoms with Crippen LogP contribution in [0.25, 0.3) is 0 Å². The van der Waals surface area contributed by atoms with Gasteiger partial charge in [0.05, 0.1) is 6.21 Å². The number of thioether (sulfide) groups is 1. The van der Waals surface area contributed by atoms with Gasteiger partial charge >= 0.3 is 0 Å². The molecule has 1 heterocycles. The van der Waals surface area contributed by atoms with Gasteiger partial charge in [-0.2, -0.15) is 9.78 Å². The van der Waals surface area contributed by atoms with Crippen LogP contribution in [-0.4, -0.2) is 21.1 Å². The molecular weight excluding hydrogens is 432 g/mol. The van der Waals surface area contributed by atoms with Gasteiger partial charge in [-0.3, -0.25) is 0 Å². The van der Waals surface area contributed by atoms with E-state index < -0.39 is 0 Å². The summed E-state index contributed by atoms with van der Waals surface area (Å²) < 4.78 is 2.86. The number of aromatic nitrogens is 3. The van der Waals surface area contributed by atoms with Gasteiger partial charge in [0.2, 0.25) is 5.16 Å². The number of benzene rings is 2. The highest BCUT2D eigenvalue weighted by atomic mass is 79.9. The fourth-order valence-electron chi connectivity index (χ4n) is 2.32. The van der Waals surface area contributed by atoms with E-state index in [4.69, 9.17) is 11.6 Å². The van der Waals surface area contributed by atoms with Crippen LogP contribution >= 0.6 is 39.3 Å². The first-order valence-electron chi connectivity index (χ1n) is 8.27. The van der Waals surface area contributed by atoms with Crippen molar-refractivity contribution in [3.63, 3.8) is 0 Å². The highest BCUT2D eigenvalue weighted by Gasteiger charge is 2.11. The van der Waals surface area contributed by atoms with Crippen molar-refractivity contribution in [1.29, 1.82) is 0 Å². The molecule has 0 unspecified atom stereocenters. The summed E-state index contributed by atoms with van der Waals surface area (Å²) in [6, 6.07) is 15.9. The first-order valence-corrected chi connectivity index (χ1v) is 10.4. The zero-order chi connectivity index (χ0) is 18.4. The maximum atomic E-state index is 5.95. The van der Waals surface area contributed by atoms with Gasteiger partial charge in [0.15, 0.2) is 5.82 Å². The number of aryl methyl sites for hydroxylation is 1. The molecule has 0 atom stereocenters. The van der Waals surface area contributed by atoms with E-state index in [1.54, 1.807) is 11.8 Å². The molecule has 7 heteroatoms. The van der Waals surface area contributed by atoms with E-state index in [0.717, 1.165) is 44.6 Å². The quantitative estimate of drug-likeness (QED) is 0.337. The SMILES string of the molecule is CCCc1nnc(SCc2ccc(Cl)cc2)n1/N=C\c1cccc(Br)c1. The molecular formula is C19H18BrClN4S. The van der Waals surface area contributed by atoms with Crippen LogP contribution < -0.4 is 0 Å². The molecule has 0 saturated heterocycles. The Morgan fingerprint density at radius 3 is 2.73 bits per heavy atom. The minimum absolute atomic E-state index is 0.741. The standard InChI is InChI=1S/C19H18BrClN4S/c1-2-4-18-23-24-19(26-13-14-7-9-17(21)10-8-14)25(18)22-12-15-5-3-6-16(20)11-15/h3,5-12H,2,4,13H2,1H3/b22-12-. The fourth-order valence-corrected chi connectivity index (χ4v) is 3.73. The van der Waals surface area contributed by atoms with E-state index in [9.17, 15) is 0 Å². The largest absolute Gasteiger partial charge is 0.212 e. The van der Waals surface area contributed by atoms with Crippen molar-refractivity contribution in [2.75, 3.05) is 0 Å². The van der Waals surface area contributed by atoms with Crippen LogP contribution in [0.5, 0.6) is 0 Å². The predicted molar refractivity (Wildman–Crippen MR) is 112 cm³/mol. The Balaban J connectivity index is 1.80. The second kappa shape index (κ2) is 9.35. The van der Waals surface area contributed by atoms with Crippen molar-refractivity contribution >= 4 is 45.5 Å². The van der Waals surface area contributed by atoms with Crippen molar-refractivity contribution < 1.29 is 0 Å². The molecule has 0 aliphatic heterocycles. The second-order valence-corrected chi connectivity index (χ2v) is 7.97. The lowest BCUT2D eigenvalue weighted by Gasteiger charge is -2.04. The molecule has 0 spiro atoms. The fraction of sp³-hybridized carbons (Fsp3) is 0.211. The number of halogens is 2. The molecule has 0 radical (unpaired) electrons. The number of hydrogen-bond acceptors (Lipinski definition) is 4. The molecule has 4 nitrogen and oxygen atoms in total. The summed E-state index contributed by atoms with van der Waals surface area (Å²) in [5, 5.41) is 14.8. The molecule has 26 heavy (non-hydrogen) atoms. The van der Waals surface area contributed by atoms with E-state index in [2.05, 4.69) is 38.2 Å². The molecule has 3 rings (SSSR count). The molecule has 0 fully saturated rings. The lowest BCUT2D eigenvalue weighted by molar-refractivity contribution is 0.700. The van der Waals surface area contributed by atoms with Crippen molar-refractivity contribution in [2.45, 2.75) is 30.7 Å².